The summed E-state index contributed by atoms with van der Waals surface area (Å²) in [4.78, 5) is 15.7. The van der Waals surface area contributed by atoms with Crippen LogP contribution in [0.1, 0.15) is 0 Å². The molecule has 0 bridgehead atoms. The lowest BCUT2D eigenvalue weighted by molar-refractivity contribution is 0.673. The quantitative estimate of drug-likeness (QED) is 0.173. The zero-order valence-corrected chi connectivity index (χ0v) is 37.0. The van der Waals surface area contributed by atoms with E-state index in [9.17, 15) is 0 Å². The summed E-state index contributed by atoms with van der Waals surface area (Å²) >= 11 is 0. The van der Waals surface area contributed by atoms with Gasteiger partial charge in [-0.25, -0.2) is 15.0 Å². The molecule has 0 aliphatic rings. The van der Waals surface area contributed by atoms with Crippen molar-refractivity contribution in [2.45, 2.75) is 0 Å². The van der Waals surface area contributed by atoms with Crippen molar-refractivity contribution in [1.29, 1.82) is 0 Å². The maximum atomic E-state index is 7.15. The summed E-state index contributed by atoms with van der Waals surface area (Å²) in [5.41, 5.74) is 10.9. The predicted molar refractivity (Wildman–Crippen MR) is 285 cm³/mol. The molecule has 15 aromatic rings. The first-order valence-corrected chi connectivity index (χ1v) is 23.3. The van der Waals surface area contributed by atoms with Crippen molar-refractivity contribution in [3.8, 4) is 45.5 Å². The van der Waals surface area contributed by atoms with E-state index in [2.05, 4.69) is 215 Å². The molecule has 15 rings (SSSR count). The SMILES string of the molecule is c1ccc(-c2nc(-c3ccc4c5ccccc5n(-c5ccccc5)c4c3)nc(-c3cccc4c3oc3c5ccccc5c(-n5c6cc7ccccc7cc6c6cc7ccccc7cc65)cc43)n2)cc1. The van der Waals surface area contributed by atoms with Crippen molar-refractivity contribution in [2.24, 2.45) is 0 Å². The van der Waals surface area contributed by atoms with E-state index < -0.39 is 0 Å². The van der Waals surface area contributed by atoms with Crippen LogP contribution in [-0.2, 0) is 0 Å². The first-order chi connectivity index (χ1) is 34.2. The Labute approximate surface area is 394 Å². The molecule has 4 aromatic heterocycles. The van der Waals surface area contributed by atoms with E-state index in [4.69, 9.17) is 19.4 Å². The van der Waals surface area contributed by atoms with Gasteiger partial charge in [-0.3, -0.25) is 0 Å². The minimum Gasteiger partial charge on any atom is -0.455 e. The first kappa shape index (κ1) is 37.8. The van der Waals surface area contributed by atoms with Gasteiger partial charge in [0.15, 0.2) is 17.5 Å². The van der Waals surface area contributed by atoms with Gasteiger partial charge in [0.2, 0.25) is 0 Å². The third kappa shape index (κ3) is 5.69. The largest absolute Gasteiger partial charge is 0.455 e. The second-order valence-electron chi connectivity index (χ2n) is 18.0. The van der Waals surface area contributed by atoms with Gasteiger partial charge in [0, 0.05) is 59.9 Å². The Morgan fingerprint density at radius 1 is 0.290 bits per heavy atom. The summed E-state index contributed by atoms with van der Waals surface area (Å²) < 4.78 is 11.9. The van der Waals surface area contributed by atoms with Crippen molar-refractivity contribution in [2.75, 3.05) is 0 Å². The van der Waals surface area contributed by atoms with E-state index in [0.29, 0.717) is 17.5 Å². The molecular weight excluding hydrogens is 843 g/mol. The fourth-order valence-corrected chi connectivity index (χ4v) is 10.9. The van der Waals surface area contributed by atoms with E-state index >= 15 is 0 Å². The molecule has 11 aromatic carbocycles. The fourth-order valence-electron chi connectivity index (χ4n) is 10.9. The molecule has 0 atom stereocenters. The van der Waals surface area contributed by atoms with Gasteiger partial charge in [-0.1, -0.05) is 164 Å². The lowest BCUT2D eigenvalue weighted by atomic mass is 10.0. The number of fused-ring (bicyclic) bond motifs is 13. The Kier molecular flexibility index (Phi) is 7.97. The molecule has 0 saturated carbocycles. The van der Waals surface area contributed by atoms with Crippen LogP contribution in [0.2, 0.25) is 0 Å². The van der Waals surface area contributed by atoms with Crippen LogP contribution in [0.15, 0.2) is 229 Å². The van der Waals surface area contributed by atoms with E-state index in [1.165, 1.54) is 37.7 Å². The van der Waals surface area contributed by atoms with Crippen LogP contribution in [0.5, 0.6) is 0 Å². The summed E-state index contributed by atoms with van der Waals surface area (Å²) in [6, 6.07) is 79.8. The number of benzene rings is 11. The Morgan fingerprint density at radius 2 is 0.812 bits per heavy atom. The molecule has 0 spiro atoms. The number of aromatic nitrogens is 5. The number of nitrogens with zero attached hydrogens (tertiary/aromatic N) is 5. The van der Waals surface area contributed by atoms with E-state index in [-0.39, 0.29) is 0 Å². The molecule has 320 valence electrons. The van der Waals surface area contributed by atoms with E-state index in [0.717, 1.165) is 88.2 Å². The first-order valence-electron chi connectivity index (χ1n) is 23.3. The monoisotopic (exact) mass is 879 g/mol. The number of rotatable bonds is 5. The van der Waals surface area contributed by atoms with Crippen LogP contribution >= 0.6 is 0 Å². The molecule has 0 saturated heterocycles. The minimum absolute atomic E-state index is 0.540. The molecule has 0 aliphatic carbocycles. The summed E-state index contributed by atoms with van der Waals surface area (Å²) in [6.45, 7) is 0. The molecule has 0 unspecified atom stereocenters. The highest BCUT2D eigenvalue weighted by molar-refractivity contribution is 6.22. The van der Waals surface area contributed by atoms with Crippen molar-refractivity contribution >= 4 is 97.9 Å². The Bertz CT molecular complexity index is 4510. The van der Waals surface area contributed by atoms with Crippen LogP contribution < -0.4 is 0 Å². The third-order valence-corrected chi connectivity index (χ3v) is 14.1. The third-order valence-electron chi connectivity index (χ3n) is 14.1. The molecule has 0 aliphatic heterocycles. The molecule has 0 fully saturated rings. The Morgan fingerprint density at radius 3 is 1.52 bits per heavy atom. The average molecular weight is 880 g/mol. The number of hydrogen-bond donors (Lipinski definition) is 0. The predicted octanol–water partition coefficient (Wildman–Crippen LogP) is 16.4. The molecular formula is C63H37N5O. The van der Waals surface area contributed by atoms with Gasteiger partial charge in [0.1, 0.15) is 11.2 Å². The van der Waals surface area contributed by atoms with Gasteiger partial charge in [-0.2, -0.15) is 0 Å². The second kappa shape index (κ2) is 14.6. The lowest BCUT2D eigenvalue weighted by Gasteiger charge is -2.13. The average Bonchev–Trinajstić information content (AvgIpc) is 4.06. The molecule has 69 heavy (non-hydrogen) atoms. The molecule has 6 heteroatoms. The summed E-state index contributed by atoms with van der Waals surface area (Å²) in [5.74, 6) is 1.71. The zero-order valence-electron chi connectivity index (χ0n) is 37.0. The van der Waals surface area contributed by atoms with Crippen molar-refractivity contribution in [1.82, 2.24) is 24.1 Å². The molecule has 6 nitrogen and oxygen atoms in total. The van der Waals surface area contributed by atoms with Crippen molar-refractivity contribution in [3.05, 3.63) is 224 Å². The summed E-state index contributed by atoms with van der Waals surface area (Å²) in [5, 5.41) is 13.8. The van der Waals surface area contributed by atoms with Crippen molar-refractivity contribution in [3.63, 3.8) is 0 Å². The van der Waals surface area contributed by atoms with E-state index in [1.54, 1.807) is 0 Å². The molecule has 0 N–H and O–H groups in total. The van der Waals surface area contributed by atoms with Gasteiger partial charge in [0.25, 0.3) is 0 Å². The topological polar surface area (TPSA) is 61.7 Å². The van der Waals surface area contributed by atoms with Gasteiger partial charge >= 0.3 is 0 Å². The summed E-state index contributed by atoms with van der Waals surface area (Å²) in [7, 11) is 0. The fraction of sp³-hybridized carbons (Fsp3) is 0. The molecule has 0 amide bonds. The second-order valence-corrected chi connectivity index (χ2v) is 18.0. The van der Waals surface area contributed by atoms with Crippen LogP contribution in [-0.4, -0.2) is 24.1 Å². The Balaban J connectivity index is 0.977. The highest BCUT2D eigenvalue weighted by Crippen LogP contribution is 2.44. The zero-order chi connectivity index (χ0) is 45.2. The smallest absolute Gasteiger partial charge is 0.167 e. The standard InChI is InChI=1S/C63H37N5O/c1-3-16-38(17-4-1)61-64-62(43-30-31-47-45-24-13-14-29-54(45)67(55(47)36-43)44-22-5-2-6-23-44)66-63(65-61)50-28-15-27-49-53-37-58(46-25-11-12-26-48(46)60(53)69-59(49)50)68-56-34-41-20-9-7-18-39(41)32-51(56)52-33-40-19-8-10-21-42(40)35-57(52)68/h1-37H. The minimum atomic E-state index is 0.540. The number of para-hydroxylation sites is 3. The maximum Gasteiger partial charge on any atom is 0.167 e. The highest BCUT2D eigenvalue weighted by atomic mass is 16.3. The van der Waals surface area contributed by atoms with Gasteiger partial charge in [-0.05, 0) is 82.2 Å². The highest BCUT2D eigenvalue weighted by Gasteiger charge is 2.23. The van der Waals surface area contributed by atoms with Crippen LogP contribution in [0, 0.1) is 0 Å². The lowest BCUT2D eigenvalue weighted by Crippen LogP contribution is -2.00. The molecule has 0 radical (unpaired) electrons. The number of furan rings is 1. The maximum absolute atomic E-state index is 7.15. The van der Waals surface area contributed by atoms with Gasteiger partial charge in [-0.15, -0.1) is 0 Å². The van der Waals surface area contributed by atoms with Gasteiger partial charge < -0.3 is 13.6 Å². The van der Waals surface area contributed by atoms with Crippen LogP contribution in [0.3, 0.4) is 0 Å². The van der Waals surface area contributed by atoms with E-state index in [1.807, 2.05) is 18.2 Å². The van der Waals surface area contributed by atoms with Crippen LogP contribution in [0.25, 0.3) is 143 Å². The number of hydrogen-bond acceptors (Lipinski definition) is 4. The van der Waals surface area contributed by atoms with Crippen molar-refractivity contribution < 1.29 is 4.42 Å². The normalized spacial score (nSPS) is 12.1. The molecule has 4 heterocycles. The van der Waals surface area contributed by atoms with Gasteiger partial charge in [0.05, 0.1) is 33.3 Å². The summed E-state index contributed by atoms with van der Waals surface area (Å²) in [6.07, 6.45) is 0. The Hall–Kier alpha value is -9.39. The van der Waals surface area contributed by atoms with Crippen LogP contribution in [0.4, 0.5) is 0 Å².